The third-order valence-electron chi connectivity index (χ3n) is 5.85. The van der Waals surface area contributed by atoms with Crippen LogP contribution in [0, 0.1) is 0 Å². The van der Waals surface area contributed by atoms with E-state index in [1.54, 1.807) is 0 Å². The minimum Gasteiger partial charge on any atom is -0.469 e. The Kier molecular flexibility index (Phi) is 13.1. The molecular weight excluding hydrogens is 471 g/mol. The second-order valence-corrected chi connectivity index (χ2v) is 7.62. The smallest absolute Gasteiger partial charge is 0.305 e. The van der Waals surface area contributed by atoms with E-state index in [1.165, 1.54) is 39.2 Å². The van der Waals surface area contributed by atoms with Gasteiger partial charge in [0, 0.05) is 45.2 Å². The van der Waals surface area contributed by atoms with Crippen molar-refractivity contribution in [3.8, 4) is 0 Å². The molecule has 1 saturated carbocycles. The number of esters is 1. The predicted molar refractivity (Wildman–Crippen MR) is 123 cm³/mol. The lowest BCUT2D eigenvalue weighted by Crippen LogP contribution is -2.60. The molecule has 0 radical (unpaired) electrons. The SMILES string of the molecule is CN=C(NCCCCCC(=O)OC)NCC1(N2CCOCC2)CCCCC1.I. The predicted octanol–water partition coefficient (Wildman–Crippen LogP) is 2.54. The van der Waals surface area contributed by atoms with Gasteiger partial charge in [-0.1, -0.05) is 25.7 Å². The number of nitrogens with zero attached hydrogens (tertiary/aromatic N) is 2. The first kappa shape index (κ1) is 25.4. The molecule has 7 nitrogen and oxygen atoms in total. The fourth-order valence-electron chi connectivity index (χ4n) is 4.20. The highest BCUT2D eigenvalue weighted by Crippen LogP contribution is 2.33. The lowest BCUT2D eigenvalue weighted by Gasteiger charge is -2.48. The van der Waals surface area contributed by atoms with E-state index in [-0.39, 0.29) is 35.5 Å². The molecule has 0 bridgehead atoms. The van der Waals surface area contributed by atoms with Crippen molar-refractivity contribution in [3.63, 3.8) is 0 Å². The lowest BCUT2D eigenvalue weighted by atomic mass is 9.80. The van der Waals surface area contributed by atoms with Gasteiger partial charge in [-0.2, -0.15) is 0 Å². The number of carbonyl (C=O) groups is 1. The second-order valence-electron chi connectivity index (χ2n) is 7.62. The molecular formula is C20H39IN4O3. The first-order valence-corrected chi connectivity index (χ1v) is 10.5. The number of guanidine groups is 1. The summed E-state index contributed by atoms with van der Waals surface area (Å²) in [6.45, 7) is 5.57. The largest absolute Gasteiger partial charge is 0.469 e. The average Bonchev–Trinajstić information content (AvgIpc) is 2.73. The first-order chi connectivity index (χ1) is 13.2. The van der Waals surface area contributed by atoms with Gasteiger partial charge in [0.1, 0.15) is 0 Å². The number of rotatable bonds is 9. The highest BCUT2D eigenvalue weighted by Gasteiger charge is 2.38. The van der Waals surface area contributed by atoms with Crippen LogP contribution >= 0.6 is 24.0 Å². The Bertz CT molecular complexity index is 464. The Morgan fingerprint density at radius 1 is 1.11 bits per heavy atom. The van der Waals surface area contributed by atoms with Gasteiger partial charge in [-0.15, -0.1) is 24.0 Å². The maximum Gasteiger partial charge on any atom is 0.305 e. The van der Waals surface area contributed by atoms with Crippen molar-refractivity contribution in [1.82, 2.24) is 15.5 Å². The van der Waals surface area contributed by atoms with Crippen molar-refractivity contribution in [3.05, 3.63) is 0 Å². The van der Waals surface area contributed by atoms with E-state index in [1.807, 2.05) is 7.05 Å². The van der Waals surface area contributed by atoms with Crippen LogP contribution in [0.15, 0.2) is 4.99 Å². The summed E-state index contributed by atoms with van der Waals surface area (Å²) >= 11 is 0. The second kappa shape index (κ2) is 14.4. The molecule has 2 aliphatic rings. The molecule has 0 aromatic carbocycles. The summed E-state index contributed by atoms with van der Waals surface area (Å²) in [4.78, 5) is 18.1. The number of nitrogens with one attached hydrogen (secondary N) is 2. The van der Waals surface area contributed by atoms with Crippen LogP contribution in [0.5, 0.6) is 0 Å². The third-order valence-corrected chi connectivity index (χ3v) is 5.85. The maximum absolute atomic E-state index is 11.1. The number of carbonyl (C=O) groups excluding carboxylic acids is 1. The Hall–Kier alpha value is -0.610. The maximum atomic E-state index is 11.1. The molecule has 2 rings (SSSR count). The fourth-order valence-corrected chi connectivity index (χ4v) is 4.20. The molecule has 1 saturated heterocycles. The summed E-state index contributed by atoms with van der Waals surface area (Å²) in [5.74, 6) is 0.752. The van der Waals surface area contributed by atoms with E-state index in [9.17, 15) is 4.79 Å². The Balaban J connectivity index is 0.00000392. The average molecular weight is 510 g/mol. The Labute approximate surface area is 187 Å². The van der Waals surface area contributed by atoms with Gasteiger partial charge in [0.2, 0.25) is 0 Å². The molecule has 164 valence electrons. The van der Waals surface area contributed by atoms with Gasteiger partial charge < -0.3 is 20.1 Å². The van der Waals surface area contributed by atoms with Gasteiger partial charge in [-0.3, -0.25) is 14.7 Å². The molecule has 0 atom stereocenters. The fraction of sp³-hybridized carbons (Fsp3) is 0.900. The molecule has 2 fully saturated rings. The van der Waals surface area contributed by atoms with Crippen molar-refractivity contribution in [2.24, 2.45) is 4.99 Å². The summed E-state index contributed by atoms with van der Waals surface area (Å²) in [7, 11) is 3.27. The molecule has 0 amide bonds. The summed E-state index contributed by atoms with van der Waals surface area (Å²) < 4.78 is 10.2. The number of aliphatic imine (C=N–C) groups is 1. The van der Waals surface area contributed by atoms with E-state index in [4.69, 9.17) is 4.74 Å². The van der Waals surface area contributed by atoms with Gasteiger partial charge in [-0.05, 0) is 25.7 Å². The van der Waals surface area contributed by atoms with E-state index < -0.39 is 0 Å². The van der Waals surface area contributed by atoms with Crippen molar-refractivity contribution >= 4 is 35.9 Å². The molecule has 1 aliphatic heterocycles. The summed E-state index contributed by atoms with van der Waals surface area (Å²) in [6, 6.07) is 0. The molecule has 28 heavy (non-hydrogen) atoms. The Morgan fingerprint density at radius 3 is 2.46 bits per heavy atom. The van der Waals surface area contributed by atoms with Crippen LogP contribution in [0.4, 0.5) is 0 Å². The molecule has 0 unspecified atom stereocenters. The van der Waals surface area contributed by atoms with Gasteiger partial charge in [-0.25, -0.2) is 0 Å². The number of unbranched alkanes of at least 4 members (excludes halogenated alkanes) is 2. The lowest BCUT2D eigenvalue weighted by molar-refractivity contribution is -0.140. The van der Waals surface area contributed by atoms with Crippen LogP contribution < -0.4 is 10.6 Å². The van der Waals surface area contributed by atoms with Crippen LogP contribution in [-0.2, 0) is 14.3 Å². The molecule has 0 aromatic rings. The number of methoxy groups -OCH3 is 1. The molecule has 1 heterocycles. The van der Waals surface area contributed by atoms with E-state index >= 15 is 0 Å². The highest BCUT2D eigenvalue weighted by molar-refractivity contribution is 14.0. The number of morpholine rings is 1. The standard InChI is InChI=1S/C20H38N4O3.HI/c1-21-19(22-12-8-3-5-9-18(25)26-2)23-17-20(10-6-4-7-11-20)24-13-15-27-16-14-24;/h3-17H2,1-2H3,(H2,21,22,23);1H. The van der Waals surface area contributed by atoms with E-state index in [0.717, 1.165) is 64.6 Å². The zero-order valence-corrected chi connectivity index (χ0v) is 20.0. The molecule has 0 aromatic heterocycles. The van der Waals surface area contributed by atoms with Gasteiger partial charge in [0.25, 0.3) is 0 Å². The number of hydrogen-bond acceptors (Lipinski definition) is 5. The van der Waals surface area contributed by atoms with Crippen molar-refractivity contribution in [2.45, 2.75) is 63.3 Å². The number of halogens is 1. The summed E-state index contributed by atoms with van der Waals surface area (Å²) in [5, 5.41) is 6.99. The van der Waals surface area contributed by atoms with Crippen LogP contribution in [0.1, 0.15) is 57.8 Å². The molecule has 8 heteroatoms. The van der Waals surface area contributed by atoms with Gasteiger partial charge in [0.15, 0.2) is 5.96 Å². The Morgan fingerprint density at radius 2 is 1.82 bits per heavy atom. The van der Waals surface area contributed by atoms with E-state index in [2.05, 4.69) is 25.3 Å². The highest BCUT2D eigenvalue weighted by atomic mass is 127. The third kappa shape index (κ3) is 8.41. The monoisotopic (exact) mass is 510 g/mol. The molecule has 1 aliphatic carbocycles. The minimum atomic E-state index is -0.124. The topological polar surface area (TPSA) is 75.2 Å². The van der Waals surface area contributed by atoms with Gasteiger partial charge >= 0.3 is 5.97 Å². The zero-order valence-electron chi connectivity index (χ0n) is 17.6. The van der Waals surface area contributed by atoms with Crippen LogP contribution in [0.3, 0.4) is 0 Å². The first-order valence-electron chi connectivity index (χ1n) is 10.5. The quantitative estimate of drug-likeness (QED) is 0.163. The zero-order chi connectivity index (χ0) is 19.4. The van der Waals surface area contributed by atoms with Crippen LogP contribution in [-0.4, -0.2) is 75.9 Å². The number of ether oxygens (including phenoxy) is 2. The van der Waals surface area contributed by atoms with Crippen LogP contribution in [0.25, 0.3) is 0 Å². The van der Waals surface area contributed by atoms with Crippen LogP contribution in [0.2, 0.25) is 0 Å². The molecule has 2 N–H and O–H groups in total. The van der Waals surface area contributed by atoms with Crippen molar-refractivity contribution in [1.29, 1.82) is 0 Å². The molecule has 0 spiro atoms. The summed E-state index contributed by atoms with van der Waals surface area (Å²) in [5.41, 5.74) is 0.236. The minimum absolute atomic E-state index is 0. The summed E-state index contributed by atoms with van der Waals surface area (Å²) in [6.07, 6.45) is 9.89. The van der Waals surface area contributed by atoms with E-state index in [0.29, 0.717) is 6.42 Å². The number of hydrogen-bond donors (Lipinski definition) is 2. The van der Waals surface area contributed by atoms with Crippen molar-refractivity contribution in [2.75, 3.05) is 53.6 Å². The van der Waals surface area contributed by atoms with Crippen molar-refractivity contribution < 1.29 is 14.3 Å². The van der Waals surface area contributed by atoms with Gasteiger partial charge in [0.05, 0.1) is 20.3 Å². The normalized spacial score (nSPS) is 20.1.